The van der Waals surface area contributed by atoms with Gasteiger partial charge in [0.15, 0.2) is 0 Å². The molecule has 35 heavy (non-hydrogen) atoms. The minimum Gasteiger partial charge on any atom is -1.00 e. The Morgan fingerprint density at radius 2 is 1.57 bits per heavy atom. The number of rotatable bonds is 2. The molecule has 5 aliphatic rings. The van der Waals surface area contributed by atoms with Gasteiger partial charge in [-0.2, -0.15) is 0 Å². The largest absolute Gasteiger partial charge is 1.00 e. The van der Waals surface area contributed by atoms with Crippen molar-refractivity contribution < 1.29 is 49.5 Å². The summed E-state index contributed by atoms with van der Waals surface area (Å²) >= 11 is 1.59. The number of hydrogen-bond acceptors (Lipinski definition) is 1. The Morgan fingerprint density at radius 1 is 0.914 bits per heavy atom. The SMILES string of the molecule is CC1=C2C3=CC=NC3=C1[Si]2(C)C.CC1=Cc2c(-c3ccc([Si](C)(C)C)cc3)cccc2[CH]1[Zr+2].[Cl-].[Cl-]. The van der Waals surface area contributed by atoms with Gasteiger partial charge < -0.3 is 24.8 Å². The predicted octanol–water partition coefficient (Wildman–Crippen LogP) is 1.29. The Bertz CT molecular complexity index is 1340. The summed E-state index contributed by atoms with van der Waals surface area (Å²) in [6.45, 7) is 16.6. The number of allylic oxidation sites excluding steroid dienone is 5. The third-order valence-corrected chi connectivity index (χ3v) is 15.3. The number of hydrogen-bond donors (Lipinski definition) is 0. The van der Waals surface area contributed by atoms with Crippen LogP contribution in [0.25, 0.3) is 17.2 Å². The molecule has 2 aliphatic carbocycles. The van der Waals surface area contributed by atoms with Gasteiger partial charge in [-0.05, 0) is 29.0 Å². The van der Waals surface area contributed by atoms with Crippen LogP contribution in [0.15, 0.2) is 86.3 Å². The number of fused-ring (bicyclic) bond motifs is 1. The molecule has 0 fully saturated rings. The summed E-state index contributed by atoms with van der Waals surface area (Å²) in [5.74, 6) is 0. The Labute approximate surface area is 240 Å². The fourth-order valence-electron chi connectivity index (χ4n) is 5.83. The third-order valence-electron chi connectivity index (χ3n) is 7.55. The average molecular weight is 613 g/mol. The molecule has 0 aromatic heterocycles. The van der Waals surface area contributed by atoms with E-state index in [1.807, 2.05) is 6.21 Å². The van der Waals surface area contributed by atoms with E-state index in [0.29, 0.717) is 3.63 Å². The Hall–Kier alpha value is -1.03. The molecule has 2 aromatic rings. The van der Waals surface area contributed by atoms with Crippen molar-refractivity contribution >= 4 is 33.6 Å². The van der Waals surface area contributed by atoms with Crippen molar-refractivity contribution in [3.8, 4) is 11.1 Å². The second-order valence-corrected chi connectivity index (χ2v) is 21.9. The van der Waals surface area contributed by atoms with Crippen molar-refractivity contribution in [3.05, 3.63) is 92.5 Å². The summed E-state index contributed by atoms with van der Waals surface area (Å²) in [6, 6.07) is 16.1. The fraction of sp³-hybridized carbons (Fsp3) is 0.276. The van der Waals surface area contributed by atoms with Crippen LogP contribution in [0, 0.1) is 0 Å². The molecule has 0 amide bonds. The van der Waals surface area contributed by atoms with Crippen LogP contribution < -0.4 is 30.0 Å². The monoisotopic (exact) mass is 610 g/mol. The van der Waals surface area contributed by atoms with Gasteiger partial charge in [-0.25, -0.2) is 0 Å². The van der Waals surface area contributed by atoms with Crippen molar-refractivity contribution in [1.82, 2.24) is 0 Å². The van der Waals surface area contributed by atoms with Gasteiger partial charge >= 0.3 is 145 Å². The van der Waals surface area contributed by atoms with Crippen LogP contribution in [0.4, 0.5) is 0 Å². The van der Waals surface area contributed by atoms with E-state index in [1.54, 1.807) is 35.1 Å². The number of benzene rings is 2. The zero-order valence-electron chi connectivity index (χ0n) is 21.6. The molecule has 1 nitrogen and oxygen atoms in total. The van der Waals surface area contributed by atoms with E-state index in [9.17, 15) is 0 Å². The van der Waals surface area contributed by atoms with E-state index in [0.717, 1.165) is 0 Å². The standard InChI is InChI=1S/C19H21Si.C10H11NSi.2ClH.Zr/c1-14-12-16-6-5-7-18(19(16)13-14)15-8-10-17(11-9-15)20(2,3)4;1-6-9-7-4-5-11-8(7)10(6)12(9,2)3;;;/h5-13H,1-4H3;4-5H,1-3H3;2*1H;/q;;;;+2/p-2. The van der Waals surface area contributed by atoms with Crippen LogP contribution in [-0.4, -0.2) is 22.4 Å². The topological polar surface area (TPSA) is 12.4 Å². The van der Waals surface area contributed by atoms with Gasteiger partial charge in [0.05, 0.1) is 5.70 Å². The molecule has 1 atom stereocenters. The number of aliphatic imine (C=N–C) groups is 1. The Morgan fingerprint density at radius 3 is 2.14 bits per heavy atom. The minimum absolute atomic E-state index is 0. The summed E-state index contributed by atoms with van der Waals surface area (Å²) < 4.78 is 0.647. The molecule has 0 radical (unpaired) electrons. The zero-order valence-corrected chi connectivity index (χ0v) is 27.5. The van der Waals surface area contributed by atoms with Crippen LogP contribution in [0.5, 0.6) is 0 Å². The molecule has 2 bridgehead atoms. The second-order valence-electron chi connectivity index (χ2n) is 11.2. The molecule has 0 N–H and O–H groups in total. The predicted molar refractivity (Wildman–Crippen MR) is 145 cm³/mol. The van der Waals surface area contributed by atoms with E-state index in [-0.39, 0.29) is 24.8 Å². The van der Waals surface area contributed by atoms with Gasteiger partial charge in [-0.3, -0.25) is 4.99 Å². The summed E-state index contributed by atoms with van der Waals surface area (Å²) in [7, 11) is -2.34. The third kappa shape index (κ3) is 4.59. The van der Waals surface area contributed by atoms with Crippen molar-refractivity contribution in [2.24, 2.45) is 4.99 Å². The van der Waals surface area contributed by atoms with Crippen LogP contribution in [0.1, 0.15) is 28.6 Å². The maximum Gasteiger partial charge on any atom is -1.00 e. The van der Waals surface area contributed by atoms with Crippen molar-refractivity contribution in [1.29, 1.82) is 0 Å². The molecule has 179 valence electrons. The summed E-state index contributed by atoms with van der Waals surface area (Å²) in [5.41, 5.74) is 11.5. The molecule has 0 saturated heterocycles. The number of halogens is 2. The van der Waals surface area contributed by atoms with Gasteiger partial charge in [0.25, 0.3) is 0 Å². The van der Waals surface area contributed by atoms with Crippen molar-refractivity contribution in [2.45, 2.75) is 50.2 Å². The smallest absolute Gasteiger partial charge is 1.00 e. The first-order chi connectivity index (χ1) is 15.5. The first-order valence-corrected chi connectivity index (χ1v) is 19.8. The van der Waals surface area contributed by atoms with E-state index in [4.69, 9.17) is 0 Å². The van der Waals surface area contributed by atoms with E-state index < -0.39 is 16.1 Å². The maximum atomic E-state index is 4.42. The summed E-state index contributed by atoms with van der Waals surface area (Å²) in [4.78, 5) is 4.42. The van der Waals surface area contributed by atoms with Gasteiger partial charge in [-0.15, -0.1) is 0 Å². The van der Waals surface area contributed by atoms with Crippen LogP contribution in [0.2, 0.25) is 32.7 Å². The zero-order chi connectivity index (χ0) is 23.7. The van der Waals surface area contributed by atoms with Crippen LogP contribution in [0.3, 0.4) is 0 Å². The molecule has 7 rings (SSSR count). The first kappa shape index (κ1) is 28.5. The minimum atomic E-state index is -1.21. The number of nitrogens with zero attached hydrogens (tertiary/aromatic N) is 1. The van der Waals surface area contributed by atoms with E-state index in [2.05, 4.69) is 106 Å². The van der Waals surface area contributed by atoms with Gasteiger partial charge in [0.2, 0.25) is 0 Å². The molecular formula is C29H32Cl2NSi2Zr. The average Bonchev–Trinajstić information content (AvgIpc) is 3.45. The van der Waals surface area contributed by atoms with Crippen LogP contribution in [-0.2, 0) is 24.7 Å². The van der Waals surface area contributed by atoms with E-state index >= 15 is 0 Å². The molecule has 1 unspecified atom stereocenters. The Kier molecular flexibility index (Phi) is 8.17. The Balaban J connectivity index is 0.000000208. The van der Waals surface area contributed by atoms with Crippen LogP contribution >= 0.6 is 0 Å². The van der Waals surface area contributed by atoms with E-state index in [1.165, 1.54) is 49.9 Å². The maximum absolute atomic E-state index is 4.42. The molecule has 2 aromatic carbocycles. The molecule has 6 heteroatoms. The van der Waals surface area contributed by atoms with Gasteiger partial charge in [-0.1, -0.05) is 13.1 Å². The fourth-order valence-corrected chi connectivity index (χ4v) is 11.7. The van der Waals surface area contributed by atoms with Gasteiger partial charge in [0, 0.05) is 11.8 Å². The molecule has 0 spiro atoms. The molecule has 3 heterocycles. The van der Waals surface area contributed by atoms with Gasteiger partial charge in [0.1, 0.15) is 8.07 Å². The normalized spacial score (nSPS) is 20.1. The molecular weight excluding hydrogens is 581 g/mol. The first-order valence-electron chi connectivity index (χ1n) is 11.9. The van der Waals surface area contributed by atoms with Crippen molar-refractivity contribution in [2.75, 3.05) is 0 Å². The summed E-state index contributed by atoms with van der Waals surface area (Å²) in [6.07, 6.45) is 6.49. The quantitative estimate of drug-likeness (QED) is 0.454. The summed E-state index contributed by atoms with van der Waals surface area (Å²) in [5, 5.41) is 4.80. The van der Waals surface area contributed by atoms with Crippen molar-refractivity contribution in [3.63, 3.8) is 0 Å². The molecule has 3 aliphatic heterocycles. The second kappa shape index (κ2) is 10.0. The molecule has 0 saturated carbocycles.